The van der Waals surface area contributed by atoms with E-state index in [-0.39, 0.29) is 16.7 Å². The summed E-state index contributed by atoms with van der Waals surface area (Å²) in [5.74, 6) is -0.736. The topological polar surface area (TPSA) is 76.1 Å². The van der Waals surface area contributed by atoms with E-state index < -0.39 is 17.7 Å². The van der Waals surface area contributed by atoms with Gasteiger partial charge in [0.1, 0.15) is 17.3 Å². The Morgan fingerprint density at radius 1 is 1.00 bits per heavy atom. The van der Waals surface area contributed by atoms with Gasteiger partial charge in [0.2, 0.25) is 0 Å². The van der Waals surface area contributed by atoms with Crippen LogP contribution in [0.4, 0.5) is 5.69 Å². The second-order valence-corrected chi connectivity index (χ2v) is 10.2. The third kappa shape index (κ3) is 4.96. The molecule has 1 atom stereocenters. The van der Waals surface area contributed by atoms with Crippen LogP contribution < -0.4 is 14.4 Å². The lowest BCUT2D eigenvalue weighted by Gasteiger charge is -2.26. The number of anilines is 1. The Balaban J connectivity index is 1.99. The molecular weight excluding hydrogens is 466 g/mol. The molecule has 3 aromatic carbocycles. The fourth-order valence-electron chi connectivity index (χ4n) is 4.65. The van der Waals surface area contributed by atoms with E-state index in [1.165, 1.54) is 12.0 Å². The number of nitrogens with zero attached hydrogens (tertiary/aromatic N) is 1. The Morgan fingerprint density at radius 2 is 1.73 bits per heavy atom. The van der Waals surface area contributed by atoms with Crippen LogP contribution in [0.3, 0.4) is 0 Å². The summed E-state index contributed by atoms with van der Waals surface area (Å²) in [7, 11) is 1.51. The van der Waals surface area contributed by atoms with Gasteiger partial charge in [-0.15, -0.1) is 0 Å². The summed E-state index contributed by atoms with van der Waals surface area (Å²) in [6.45, 7) is 10.5. The van der Waals surface area contributed by atoms with Crippen molar-refractivity contribution in [2.45, 2.75) is 46.1 Å². The number of hydrogen-bond donors (Lipinski definition) is 1. The van der Waals surface area contributed by atoms with Crippen molar-refractivity contribution >= 4 is 23.1 Å². The summed E-state index contributed by atoms with van der Waals surface area (Å²) in [5.41, 5.74) is 3.33. The fraction of sp³-hybridized carbons (Fsp3) is 0.290. The number of Topliss-reactive ketones (excluding diaryl/α,β-unsaturated/α-hetero) is 1. The number of benzene rings is 3. The van der Waals surface area contributed by atoms with Gasteiger partial charge in [0.05, 0.1) is 30.9 Å². The van der Waals surface area contributed by atoms with Crippen molar-refractivity contribution in [3.8, 4) is 11.5 Å². The van der Waals surface area contributed by atoms with Gasteiger partial charge < -0.3 is 14.6 Å². The number of hydrogen-bond acceptors (Lipinski definition) is 5. The zero-order chi connectivity index (χ0) is 26.9. The van der Waals surface area contributed by atoms with Crippen LogP contribution in [-0.4, -0.2) is 30.5 Å². The Kier molecular flexibility index (Phi) is 7.12. The highest BCUT2D eigenvalue weighted by Crippen LogP contribution is 2.44. The van der Waals surface area contributed by atoms with Gasteiger partial charge in [0, 0.05) is 11.8 Å². The first-order valence-electron chi connectivity index (χ1n) is 12.4. The number of ether oxygens (including phenoxy) is 2. The van der Waals surface area contributed by atoms with Crippen molar-refractivity contribution in [2.75, 3.05) is 18.6 Å². The quantitative estimate of drug-likeness (QED) is 0.244. The Bertz CT molecular complexity index is 1380. The average Bonchev–Trinajstić information content (AvgIpc) is 3.13. The first-order chi connectivity index (χ1) is 17.6. The second kappa shape index (κ2) is 10.1. The van der Waals surface area contributed by atoms with E-state index in [2.05, 4.69) is 20.8 Å². The summed E-state index contributed by atoms with van der Waals surface area (Å²) >= 11 is 0. The molecule has 1 N–H and O–H groups in total. The smallest absolute Gasteiger partial charge is 0.300 e. The third-order valence-electron chi connectivity index (χ3n) is 6.53. The molecule has 1 amide bonds. The molecule has 0 saturated carbocycles. The summed E-state index contributed by atoms with van der Waals surface area (Å²) in [6, 6.07) is 19.4. The molecule has 6 nitrogen and oxygen atoms in total. The number of rotatable bonds is 6. The molecule has 0 bridgehead atoms. The van der Waals surface area contributed by atoms with Crippen LogP contribution in [0.15, 0.2) is 72.3 Å². The van der Waals surface area contributed by atoms with Crippen LogP contribution in [0.25, 0.3) is 5.76 Å². The van der Waals surface area contributed by atoms with Crippen molar-refractivity contribution in [1.82, 2.24) is 0 Å². The van der Waals surface area contributed by atoms with E-state index in [1.54, 1.807) is 30.3 Å². The molecule has 0 aliphatic carbocycles. The van der Waals surface area contributed by atoms with Crippen LogP contribution in [-0.2, 0) is 15.0 Å². The molecule has 192 valence electrons. The second-order valence-electron chi connectivity index (χ2n) is 10.2. The van der Waals surface area contributed by atoms with Gasteiger partial charge in [0.25, 0.3) is 11.7 Å². The maximum Gasteiger partial charge on any atom is 0.300 e. The van der Waals surface area contributed by atoms with Gasteiger partial charge >= 0.3 is 0 Å². The van der Waals surface area contributed by atoms with Crippen molar-refractivity contribution in [3.05, 3.63) is 94.6 Å². The molecule has 3 aromatic rings. The van der Waals surface area contributed by atoms with Gasteiger partial charge in [-0.2, -0.15) is 0 Å². The van der Waals surface area contributed by atoms with Gasteiger partial charge in [-0.25, -0.2) is 0 Å². The molecule has 1 aliphatic rings. The number of aryl methyl sites for hydroxylation is 1. The molecule has 1 saturated heterocycles. The highest BCUT2D eigenvalue weighted by Gasteiger charge is 2.47. The number of methoxy groups -OCH3 is 1. The van der Waals surface area contributed by atoms with Crippen LogP contribution in [0.1, 0.15) is 56.0 Å². The van der Waals surface area contributed by atoms with Gasteiger partial charge in [-0.1, -0.05) is 62.7 Å². The number of aliphatic hydroxyl groups excluding tert-OH is 1. The zero-order valence-corrected chi connectivity index (χ0v) is 22.2. The molecule has 6 heteroatoms. The molecule has 1 heterocycles. The Morgan fingerprint density at radius 3 is 2.38 bits per heavy atom. The molecule has 1 unspecified atom stereocenters. The minimum absolute atomic E-state index is 0.0155. The minimum Gasteiger partial charge on any atom is -0.507 e. The van der Waals surface area contributed by atoms with Crippen molar-refractivity contribution in [2.24, 2.45) is 0 Å². The normalized spacial score (nSPS) is 17.2. The number of amides is 1. The van der Waals surface area contributed by atoms with Gasteiger partial charge in [-0.3, -0.25) is 14.5 Å². The monoisotopic (exact) mass is 499 g/mol. The molecule has 1 aliphatic heterocycles. The van der Waals surface area contributed by atoms with Crippen molar-refractivity contribution in [3.63, 3.8) is 0 Å². The highest BCUT2D eigenvalue weighted by molar-refractivity contribution is 6.51. The SMILES string of the molecule is CCOc1cccc(N2C(=O)C(=O)/C(=C(/O)c3cc(C(C)(C)C)ccc3OC)C2c2cccc(C)c2)c1. The lowest BCUT2D eigenvalue weighted by Crippen LogP contribution is -2.29. The van der Waals surface area contributed by atoms with E-state index in [1.807, 2.05) is 50.2 Å². The summed E-state index contributed by atoms with van der Waals surface area (Å²) in [5, 5.41) is 11.7. The summed E-state index contributed by atoms with van der Waals surface area (Å²) < 4.78 is 11.2. The lowest BCUT2D eigenvalue weighted by molar-refractivity contribution is -0.132. The molecule has 0 spiro atoms. The van der Waals surface area contributed by atoms with E-state index in [0.717, 1.165) is 11.1 Å². The van der Waals surface area contributed by atoms with Crippen molar-refractivity contribution in [1.29, 1.82) is 0 Å². The largest absolute Gasteiger partial charge is 0.507 e. The predicted octanol–water partition coefficient (Wildman–Crippen LogP) is 6.33. The minimum atomic E-state index is -0.834. The van der Waals surface area contributed by atoms with Crippen molar-refractivity contribution < 1.29 is 24.2 Å². The first kappa shape index (κ1) is 26.0. The molecule has 0 radical (unpaired) electrons. The fourth-order valence-corrected chi connectivity index (χ4v) is 4.65. The maximum absolute atomic E-state index is 13.6. The van der Waals surface area contributed by atoms with Gasteiger partial charge in [0.15, 0.2) is 0 Å². The lowest BCUT2D eigenvalue weighted by atomic mass is 9.85. The average molecular weight is 500 g/mol. The molecule has 1 fully saturated rings. The number of aliphatic hydroxyl groups is 1. The number of ketones is 1. The Labute approximate surface area is 218 Å². The molecular formula is C31H33NO5. The third-order valence-corrected chi connectivity index (χ3v) is 6.53. The van der Waals surface area contributed by atoms with E-state index in [0.29, 0.717) is 34.9 Å². The zero-order valence-electron chi connectivity index (χ0n) is 22.2. The van der Waals surface area contributed by atoms with Gasteiger partial charge in [-0.05, 0) is 54.7 Å². The van der Waals surface area contributed by atoms with Crippen LogP contribution in [0.2, 0.25) is 0 Å². The standard InChI is InChI=1S/C31H33NO5/c1-7-37-23-13-9-12-22(18-23)32-27(20-11-8-10-19(2)16-20)26(29(34)30(32)35)28(33)24-17-21(31(3,4)5)14-15-25(24)36-6/h8-18,27,33H,7H2,1-6H3/b28-26+. The summed E-state index contributed by atoms with van der Waals surface area (Å²) in [4.78, 5) is 28.5. The number of carbonyl (C=O) groups excluding carboxylic acids is 2. The Hall–Kier alpha value is -4.06. The van der Waals surface area contributed by atoms with Crippen LogP contribution >= 0.6 is 0 Å². The molecule has 0 aromatic heterocycles. The van der Waals surface area contributed by atoms with E-state index >= 15 is 0 Å². The molecule has 37 heavy (non-hydrogen) atoms. The maximum atomic E-state index is 13.6. The predicted molar refractivity (Wildman–Crippen MR) is 145 cm³/mol. The highest BCUT2D eigenvalue weighted by atomic mass is 16.5. The first-order valence-corrected chi connectivity index (χ1v) is 12.4. The molecule has 4 rings (SSSR count). The number of carbonyl (C=O) groups is 2. The van der Waals surface area contributed by atoms with Crippen LogP contribution in [0, 0.1) is 6.92 Å². The van der Waals surface area contributed by atoms with Crippen LogP contribution in [0.5, 0.6) is 11.5 Å². The summed E-state index contributed by atoms with van der Waals surface area (Å²) in [6.07, 6.45) is 0. The van der Waals surface area contributed by atoms with E-state index in [9.17, 15) is 14.7 Å². The van der Waals surface area contributed by atoms with E-state index in [4.69, 9.17) is 9.47 Å².